The molecule has 0 saturated heterocycles. The summed E-state index contributed by atoms with van der Waals surface area (Å²) in [4.78, 5) is 13.6. The first kappa shape index (κ1) is 16.3. The van der Waals surface area contributed by atoms with Gasteiger partial charge >= 0.3 is 0 Å². The number of pyridine rings is 2. The number of nitrogens with two attached hydrogens (primary N) is 1. The molecule has 0 saturated carbocycles. The average Bonchev–Trinajstić information content (AvgIpc) is 3.05. The third-order valence-electron chi connectivity index (χ3n) is 4.16. The number of hydrogen-bond acceptors (Lipinski definition) is 6. The smallest absolute Gasteiger partial charge is 0.154 e. The molecule has 0 unspecified atom stereocenters. The first-order valence-electron chi connectivity index (χ1n) is 8.55. The highest BCUT2D eigenvalue weighted by molar-refractivity contribution is 6.04. The van der Waals surface area contributed by atoms with Crippen LogP contribution in [0.15, 0.2) is 48.7 Å². The molecule has 4 rings (SSSR count). The van der Waals surface area contributed by atoms with E-state index in [1.165, 1.54) is 0 Å². The molecule has 4 aromatic rings. The highest BCUT2D eigenvalue weighted by Gasteiger charge is 2.18. The van der Waals surface area contributed by atoms with Crippen molar-refractivity contribution in [1.82, 2.24) is 19.6 Å². The first-order valence-corrected chi connectivity index (χ1v) is 8.55. The molecule has 7 heteroatoms. The van der Waals surface area contributed by atoms with Crippen molar-refractivity contribution < 1.29 is 4.74 Å². The van der Waals surface area contributed by atoms with Crippen LogP contribution in [0.1, 0.15) is 18.3 Å². The molecular weight excluding hydrogens is 328 g/mol. The fourth-order valence-corrected chi connectivity index (χ4v) is 2.94. The Balaban J connectivity index is 1.86. The van der Waals surface area contributed by atoms with Crippen LogP contribution in [0, 0.1) is 0 Å². The lowest BCUT2D eigenvalue weighted by atomic mass is 10.2. The number of fused-ring (bicyclic) bond motifs is 3. The van der Waals surface area contributed by atoms with Crippen LogP contribution in [0.25, 0.3) is 22.1 Å². The van der Waals surface area contributed by atoms with Gasteiger partial charge in [0.1, 0.15) is 23.2 Å². The van der Waals surface area contributed by atoms with Gasteiger partial charge in [-0.1, -0.05) is 30.3 Å². The van der Waals surface area contributed by atoms with Gasteiger partial charge in [0, 0.05) is 12.8 Å². The zero-order chi connectivity index (χ0) is 17.9. The molecule has 0 aliphatic rings. The Hall–Kier alpha value is -3.19. The van der Waals surface area contributed by atoms with Crippen LogP contribution in [-0.2, 0) is 17.9 Å². The van der Waals surface area contributed by atoms with E-state index in [1.807, 2.05) is 41.9 Å². The summed E-state index contributed by atoms with van der Waals surface area (Å²) in [5, 5.41) is 0. The third kappa shape index (κ3) is 2.93. The minimum absolute atomic E-state index is 0.376. The maximum atomic E-state index is 6.16. The number of nitrogens with zero attached hydrogens (tertiary/aromatic N) is 4. The summed E-state index contributed by atoms with van der Waals surface area (Å²) in [5.74, 6) is 1.13. The van der Waals surface area contributed by atoms with Gasteiger partial charge in [0.05, 0.1) is 12.1 Å². The number of nitrogen functional groups attached to an aromatic ring is 1. The van der Waals surface area contributed by atoms with E-state index in [1.54, 1.807) is 6.20 Å². The lowest BCUT2D eigenvalue weighted by Gasteiger charge is -2.13. The third-order valence-corrected chi connectivity index (χ3v) is 4.16. The monoisotopic (exact) mass is 348 g/mol. The van der Waals surface area contributed by atoms with E-state index in [2.05, 4.69) is 32.5 Å². The molecule has 3 heterocycles. The fraction of sp³-hybridized carbons (Fsp3) is 0.211. The van der Waals surface area contributed by atoms with Gasteiger partial charge in [-0.3, -0.25) is 4.98 Å². The second kappa shape index (κ2) is 6.97. The van der Waals surface area contributed by atoms with Gasteiger partial charge in [0.2, 0.25) is 0 Å². The Kier molecular flexibility index (Phi) is 4.37. The molecule has 0 radical (unpaired) electrons. The highest BCUT2D eigenvalue weighted by atomic mass is 16.5. The fourth-order valence-electron chi connectivity index (χ4n) is 2.94. The van der Waals surface area contributed by atoms with Crippen molar-refractivity contribution in [1.29, 1.82) is 0 Å². The van der Waals surface area contributed by atoms with Crippen LogP contribution in [-0.4, -0.2) is 26.2 Å². The van der Waals surface area contributed by atoms with Gasteiger partial charge in [0.25, 0.3) is 0 Å². The maximum absolute atomic E-state index is 6.16. The normalized spacial score (nSPS) is 11.3. The van der Waals surface area contributed by atoms with E-state index in [-0.39, 0.29) is 0 Å². The van der Waals surface area contributed by atoms with E-state index < -0.39 is 0 Å². The number of nitrogens with one attached hydrogen (secondary N) is 1. The highest BCUT2D eigenvalue weighted by Crippen LogP contribution is 2.27. The van der Waals surface area contributed by atoms with E-state index >= 15 is 0 Å². The van der Waals surface area contributed by atoms with Gasteiger partial charge < -0.3 is 15.9 Å². The summed E-state index contributed by atoms with van der Waals surface area (Å²) < 4.78 is 7.51. The number of benzene rings is 1. The summed E-state index contributed by atoms with van der Waals surface area (Å²) in [7, 11) is 0. The van der Waals surface area contributed by atoms with Crippen molar-refractivity contribution in [2.45, 2.75) is 20.1 Å². The molecule has 7 nitrogen and oxygen atoms in total. The molecule has 0 aliphatic carbocycles. The van der Waals surface area contributed by atoms with Crippen molar-refractivity contribution in [3.05, 3.63) is 60.0 Å². The molecule has 1 aromatic carbocycles. The molecule has 0 fully saturated rings. The van der Waals surface area contributed by atoms with Crippen LogP contribution in [0.5, 0.6) is 0 Å². The minimum Gasteiger partial charge on any atom is -0.382 e. The molecule has 0 spiro atoms. The van der Waals surface area contributed by atoms with Crippen LogP contribution >= 0.6 is 0 Å². The summed E-state index contributed by atoms with van der Waals surface area (Å²) in [5.41, 5.74) is 13.7. The summed E-state index contributed by atoms with van der Waals surface area (Å²) in [6.07, 6.45) is 1.75. The predicted molar refractivity (Wildman–Crippen MR) is 102 cm³/mol. The molecular formula is C19H20N6O. The van der Waals surface area contributed by atoms with Crippen molar-refractivity contribution in [2.75, 3.05) is 17.8 Å². The Bertz CT molecular complexity index is 1040. The van der Waals surface area contributed by atoms with Crippen LogP contribution in [0.3, 0.4) is 0 Å². The van der Waals surface area contributed by atoms with Crippen molar-refractivity contribution in [3.8, 4) is 0 Å². The number of hydrogen-bond donors (Lipinski definition) is 2. The number of anilines is 1. The standard InChI is InChI=1S/C19H20N6O/c1-2-26-12-15-24-17-18(16-14(23-19(17)20)9-6-10-21-16)25(15)22-11-13-7-4-3-5-8-13/h3-10,22H,2,11-12H2,1H3,(H2,20,23). The molecule has 26 heavy (non-hydrogen) atoms. The maximum Gasteiger partial charge on any atom is 0.154 e. The second-order valence-corrected chi connectivity index (χ2v) is 5.89. The Morgan fingerprint density at radius 1 is 1.08 bits per heavy atom. The van der Waals surface area contributed by atoms with Crippen LogP contribution in [0.2, 0.25) is 0 Å². The number of rotatable bonds is 6. The lowest BCUT2D eigenvalue weighted by molar-refractivity contribution is 0.127. The van der Waals surface area contributed by atoms with Gasteiger partial charge in [-0.15, -0.1) is 0 Å². The van der Waals surface area contributed by atoms with E-state index in [4.69, 9.17) is 10.5 Å². The quantitative estimate of drug-likeness (QED) is 0.557. The van der Waals surface area contributed by atoms with Gasteiger partial charge in [-0.2, -0.15) is 0 Å². The Morgan fingerprint density at radius 2 is 1.92 bits per heavy atom. The molecule has 3 N–H and O–H groups in total. The predicted octanol–water partition coefficient (Wildman–Crippen LogP) is 2.84. The van der Waals surface area contributed by atoms with Crippen LogP contribution < -0.4 is 11.2 Å². The number of imidazole rings is 1. The average molecular weight is 348 g/mol. The van der Waals surface area contributed by atoms with Gasteiger partial charge in [-0.05, 0) is 24.6 Å². The largest absolute Gasteiger partial charge is 0.382 e. The summed E-state index contributed by atoms with van der Waals surface area (Å²) in [6, 6.07) is 13.9. The first-order chi connectivity index (χ1) is 12.8. The summed E-state index contributed by atoms with van der Waals surface area (Å²) in [6.45, 7) is 3.58. The van der Waals surface area contributed by atoms with Crippen molar-refractivity contribution >= 4 is 27.9 Å². The van der Waals surface area contributed by atoms with E-state index in [0.717, 1.165) is 27.9 Å². The molecule has 0 amide bonds. The molecule has 132 valence electrons. The van der Waals surface area contributed by atoms with Crippen LogP contribution in [0.4, 0.5) is 5.82 Å². The minimum atomic E-state index is 0.376. The zero-order valence-electron chi connectivity index (χ0n) is 14.5. The van der Waals surface area contributed by atoms with E-state index in [0.29, 0.717) is 31.1 Å². The molecule has 0 atom stereocenters. The Morgan fingerprint density at radius 3 is 2.73 bits per heavy atom. The Labute approximate surface area is 150 Å². The lowest BCUT2D eigenvalue weighted by Crippen LogP contribution is -2.18. The number of aromatic nitrogens is 4. The van der Waals surface area contributed by atoms with Gasteiger partial charge in [-0.25, -0.2) is 14.6 Å². The molecule has 0 bridgehead atoms. The number of ether oxygens (including phenoxy) is 1. The molecule has 0 aliphatic heterocycles. The van der Waals surface area contributed by atoms with Crippen molar-refractivity contribution in [3.63, 3.8) is 0 Å². The second-order valence-electron chi connectivity index (χ2n) is 5.89. The summed E-state index contributed by atoms with van der Waals surface area (Å²) >= 11 is 0. The van der Waals surface area contributed by atoms with Gasteiger partial charge in [0.15, 0.2) is 11.6 Å². The SMILES string of the molecule is CCOCc1nc2c(N)nc3cccnc3c2n1NCc1ccccc1. The molecule has 3 aromatic heterocycles. The van der Waals surface area contributed by atoms with Crippen molar-refractivity contribution in [2.24, 2.45) is 0 Å². The van der Waals surface area contributed by atoms with E-state index in [9.17, 15) is 0 Å². The topological polar surface area (TPSA) is 90.9 Å². The zero-order valence-corrected chi connectivity index (χ0v) is 14.5.